The third-order valence-electron chi connectivity index (χ3n) is 1.09. The highest BCUT2D eigenvalue weighted by Gasteiger charge is 2.07. The van der Waals surface area contributed by atoms with Crippen molar-refractivity contribution in [1.29, 1.82) is 0 Å². The van der Waals surface area contributed by atoms with Gasteiger partial charge in [0.2, 0.25) is 0 Å². The summed E-state index contributed by atoms with van der Waals surface area (Å²) in [5, 5.41) is 0. The van der Waals surface area contributed by atoms with Crippen LogP contribution in [0.3, 0.4) is 0 Å². The van der Waals surface area contributed by atoms with Crippen LogP contribution in [0.5, 0.6) is 0 Å². The molecule has 0 rings (SSSR count). The monoisotopic (exact) mass is 149 g/mol. The van der Waals surface area contributed by atoms with Gasteiger partial charge in [-0.1, -0.05) is 6.92 Å². The van der Waals surface area contributed by atoms with Gasteiger partial charge in [-0.3, -0.25) is 0 Å². The van der Waals surface area contributed by atoms with Crippen molar-refractivity contribution in [1.82, 2.24) is 0 Å². The van der Waals surface area contributed by atoms with Crippen LogP contribution in [0.25, 0.3) is 0 Å². The Kier molecular flexibility index (Phi) is 4.98. The lowest BCUT2D eigenvalue weighted by Crippen LogP contribution is -2.35. The molecule has 56 valence electrons. The largest absolute Gasteiger partial charge is 0.360 e. The summed E-state index contributed by atoms with van der Waals surface area (Å²) in [7, 11) is 2.88. The predicted octanol–water partition coefficient (Wildman–Crippen LogP) is -0.964. The molecule has 0 heterocycles. The highest BCUT2D eigenvalue weighted by Crippen LogP contribution is 1.88. The van der Waals surface area contributed by atoms with Crippen LogP contribution in [0, 0.1) is 0 Å². The molecule has 0 amide bonds. The predicted molar refractivity (Wildman–Crippen MR) is 40.0 cm³/mol. The van der Waals surface area contributed by atoms with Crippen LogP contribution in [0.2, 0.25) is 0 Å². The standard InChI is InChI=1S/C5H15NO2Si/c1-4(6)9-5(7-2)8-3/h4-5H,6,9H2,1-3H3. The van der Waals surface area contributed by atoms with E-state index in [0.29, 0.717) is 0 Å². The summed E-state index contributed by atoms with van der Waals surface area (Å²) in [5.41, 5.74) is 5.82. The van der Waals surface area contributed by atoms with E-state index in [1.165, 1.54) is 0 Å². The summed E-state index contributed by atoms with van der Waals surface area (Å²) >= 11 is 0. The first-order valence-corrected chi connectivity index (χ1v) is 4.65. The van der Waals surface area contributed by atoms with E-state index in [2.05, 4.69) is 0 Å². The molecule has 1 unspecified atom stereocenters. The number of ether oxygens (including phenoxy) is 2. The summed E-state index contributed by atoms with van der Waals surface area (Å²) in [4.78, 5) is 0. The van der Waals surface area contributed by atoms with Crippen LogP contribution in [-0.4, -0.2) is 35.3 Å². The zero-order valence-electron chi connectivity index (χ0n) is 6.26. The third-order valence-corrected chi connectivity index (χ3v) is 2.89. The van der Waals surface area contributed by atoms with Gasteiger partial charge in [0.1, 0.15) is 15.4 Å². The van der Waals surface area contributed by atoms with Gasteiger partial charge in [-0.05, 0) is 5.67 Å². The molecular formula is C5H15NO2Si. The number of rotatable bonds is 4. The van der Waals surface area contributed by atoms with Gasteiger partial charge < -0.3 is 15.2 Å². The highest BCUT2D eigenvalue weighted by molar-refractivity contribution is 6.38. The first-order valence-electron chi connectivity index (χ1n) is 3.02. The second-order valence-corrected chi connectivity index (χ2v) is 4.54. The minimum absolute atomic E-state index is 0.00926. The molecule has 0 aliphatic rings. The number of nitrogens with two attached hydrogens (primary N) is 1. The molecule has 0 aromatic rings. The van der Waals surface area contributed by atoms with Crippen LogP contribution < -0.4 is 5.73 Å². The van der Waals surface area contributed by atoms with Gasteiger partial charge in [0.25, 0.3) is 0 Å². The minimum atomic E-state index is -0.407. The van der Waals surface area contributed by atoms with E-state index in [1.807, 2.05) is 6.92 Å². The van der Waals surface area contributed by atoms with Crippen LogP contribution in [0.1, 0.15) is 6.92 Å². The molecule has 0 spiro atoms. The second kappa shape index (κ2) is 4.93. The van der Waals surface area contributed by atoms with E-state index in [1.54, 1.807) is 14.2 Å². The molecule has 3 nitrogen and oxygen atoms in total. The van der Waals surface area contributed by atoms with Gasteiger partial charge in [-0.2, -0.15) is 0 Å². The van der Waals surface area contributed by atoms with Crippen molar-refractivity contribution in [2.24, 2.45) is 5.73 Å². The zero-order valence-corrected chi connectivity index (χ0v) is 7.67. The summed E-state index contributed by atoms with van der Waals surface area (Å²) in [6.07, 6.45) is 0. The van der Waals surface area contributed by atoms with Gasteiger partial charge in [0.05, 0.1) is 0 Å². The minimum Gasteiger partial charge on any atom is -0.360 e. The zero-order chi connectivity index (χ0) is 7.28. The van der Waals surface area contributed by atoms with E-state index in [0.717, 1.165) is 0 Å². The second-order valence-electron chi connectivity index (χ2n) is 2.11. The Morgan fingerprint density at radius 3 is 1.89 bits per heavy atom. The lowest BCUT2D eigenvalue weighted by molar-refractivity contribution is -0.0446. The summed E-state index contributed by atoms with van der Waals surface area (Å²) in [5.74, 6) is -0.00926. The van der Waals surface area contributed by atoms with Crippen molar-refractivity contribution >= 4 is 9.52 Å². The number of hydrogen-bond donors (Lipinski definition) is 1. The van der Waals surface area contributed by atoms with Crippen molar-refractivity contribution < 1.29 is 9.47 Å². The SMILES string of the molecule is COC(OC)[SiH2]C(C)N. The van der Waals surface area contributed by atoms with E-state index in [4.69, 9.17) is 15.2 Å². The molecular weight excluding hydrogens is 134 g/mol. The molecule has 0 saturated carbocycles. The maximum absolute atomic E-state index is 5.55. The van der Waals surface area contributed by atoms with E-state index in [9.17, 15) is 0 Å². The Hall–Kier alpha value is 0.0969. The van der Waals surface area contributed by atoms with Crippen LogP contribution in [0.4, 0.5) is 0 Å². The quantitative estimate of drug-likeness (QED) is 0.413. The highest BCUT2D eigenvalue weighted by atomic mass is 28.2. The molecule has 0 aromatic heterocycles. The fraction of sp³-hybridized carbons (Fsp3) is 1.00. The van der Waals surface area contributed by atoms with Crippen molar-refractivity contribution in [2.45, 2.75) is 18.5 Å². The molecule has 4 heteroatoms. The first-order chi connectivity index (χ1) is 4.20. The van der Waals surface area contributed by atoms with Crippen molar-refractivity contribution in [3.05, 3.63) is 0 Å². The normalized spacial score (nSPS) is 15.7. The Morgan fingerprint density at radius 1 is 1.33 bits per heavy atom. The van der Waals surface area contributed by atoms with Crippen LogP contribution in [-0.2, 0) is 9.47 Å². The van der Waals surface area contributed by atoms with Gasteiger partial charge in [-0.25, -0.2) is 0 Å². The molecule has 0 fully saturated rings. The summed E-state index contributed by atoms with van der Waals surface area (Å²) < 4.78 is 9.94. The fourth-order valence-electron chi connectivity index (χ4n) is 0.592. The smallest absolute Gasteiger partial charge is 0.135 e. The Labute approximate surface area is 58.3 Å². The Balaban J connectivity index is 3.31. The van der Waals surface area contributed by atoms with E-state index in [-0.39, 0.29) is 11.6 Å². The topological polar surface area (TPSA) is 44.5 Å². The lowest BCUT2D eigenvalue weighted by Gasteiger charge is -2.13. The number of methoxy groups -OCH3 is 2. The average Bonchev–Trinajstić information content (AvgIpc) is 1.82. The maximum Gasteiger partial charge on any atom is 0.135 e. The maximum atomic E-state index is 5.55. The Bertz CT molecular complexity index is 66.0. The first kappa shape index (κ1) is 9.10. The average molecular weight is 149 g/mol. The fourth-order valence-corrected chi connectivity index (χ4v) is 1.58. The molecule has 2 N–H and O–H groups in total. The molecule has 0 saturated heterocycles. The number of hydrogen-bond acceptors (Lipinski definition) is 3. The van der Waals surface area contributed by atoms with Crippen LogP contribution in [0.15, 0.2) is 0 Å². The molecule has 9 heavy (non-hydrogen) atoms. The van der Waals surface area contributed by atoms with Crippen molar-refractivity contribution in [2.75, 3.05) is 14.2 Å². The Morgan fingerprint density at radius 2 is 1.78 bits per heavy atom. The van der Waals surface area contributed by atoms with Gasteiger partial charge in [0, 0.05) is 14.2 Å². The molecule has 0 radical (unpaired) electrons. The third kappa shape index (κ3) is 4.59. The van der Waals surface area contributed by atoms with Gasteiger partial charge in [-0.15, -0.1) is 0 Å². The molecule has 0 aromatic carbocycles. The molecule has 0 aliphatic heterocycles. The van der Waals surface area contributed by atoms with Gasteiger partial charge in [0.15, 0.2) is 0 Å². The van der Waals surface area contributed by atoms with Gasteiger partial charge >= 0.3 is 0 Å². The van der Waals surface area contributed by atoms with Crippen molar-refractivity contribution in [3.8, 4) is 0 Å². The molecule has 0 aliphatic carbocycles. The van der Waals surface area contributed by atoms with E-state index < -0.39 is 9.52 Å². The molecule has 1 atom stereocenters. The summed E-state index contributed by atoms with van der Waals surface area (Å²) in [6, 6.07) is 0. The van der Waals surface area contributed by atoms with E-state index >= 15 is 0 Å². The molecule has 0 bridgehead atoms. The lowest BCUT2D eigenvalue weighted by atomic mass is 10.8. The van der Waals surface area contributed by atoms with Crippen LogP contribution >= 0.6 is 0 Å². The summed E-state index contributed by atoms with van der Waals surface area (Å²) in [6.45, 7) is 1.98. The van der Waals surface area contributed by atoms with Crippen molar-refractivity contribution in [3.63, 3.8) is 0 Å².